The van der Waals surface area contributed by atoms with Crippen LogP contribution in [0.15, 0.2) is 30.3 Å². The summed E-state index contributed by atoms with van der Waals surface area (Å²) in [6, 6.07) is 9.41. The van der Waals surface area contributed by atoms with Gasteiger partial charge < -0.3 is 5.32 Å². The predicted molar refractivity (Wildman–Crippen MR) is 83.7 cm³/mol. The fourth-order valence-corrected chi connectivity index (χ4v) is 2.60. The summed E-state index contributed by atoms with van der Waals surface area (Å²) in [6.07, 6.45) is 1.73. The summed E-state index contributed by atoms with van der Waals surface area (Å²) >= 11 is 5.91. The van der Waals surface area contributed by atoms with Gasteiger partial charge in [-0.15, -0.1) is 0 Å². The molecular formula is C16H18ClN3O. The summed E-state index contributed by atoms with van der Waals surface area (Å²) in [4.78, 5) is 12.6. The number of hydrogen-bond acceptors (Lipinski definition) is 2. The van der Waals surface area contributed by atoms with Gasteiger partial charge in [0, 0.05) is 16.8 Å². The van der Waals surface area contributed by atoms with E-state index in [1.165, 1.54) is 0 Å². The lowest BCUT2D eigenvalue weighted by Gasteiger charge is -2.14. The number of H-pyrrole nitrogens is 1. The molecule has 2 N–H and O–H groups in total. The van der Waals surface area contributed by atoms with E-state index in [1.807, 2.05) is 30.3 Å². The van der Waals surface area contributed by atoms with E-state index in [9.17, 15) is 4.79 Å². The maximum atomic E-state index is 12.6. The Morgan fingerprint density at radius 2 is 2.00 bits per heavy atom. The number of aromatic amines is 1. The van der Waals surface area contributed by atoms with Gasteiger partial charge in [0.05, 0.1) is 5.41 Å². The Kier molecular flexibility index (Phi) is 3.49. The molecule has 0 unspecified atom stereocenters. The van der Waals surface area contributed by atoms with E-state index >= 15 is 0 Å². The van der Waals surface area contributed by atoms with Crippen LogP contribution in [0.5, 0.6) is 0 Å². The highest BCUT2D eigenvalue weighted by Crippen LogP contribution is 2.49. The molecule has 0 radical (unpaired) electrons. The molecule has 0 spiro atoms. The Hall–Kier alpha value is -1.81. The summed E-state index contributed by atoms with van der Waals surface area (Å²) in [6.45, 7) is 4.16. The molecule has 1 aliphatic carbocycles. The first kappa shape index (κ1) is 14.1. The van der Waals surface area contributed by atoms with Crippen LogP contribution in [0.4, 0.5) is 5.82 Å². The van der Waals surface area contributed by atoms with Crippen LogP contribution in [0.25, 0.3) is 0 Å². The zero-order valence-electron chi connectivity index (χ0n) is 12.1. The molecule has 0 saturated heterocycles. The first-order valence-electron chi connectivity index (χ1n) is 7.14. The van der Waals surface area contributed by atoms with E-state index in [4.69, 9.17) is 11.6 Å². The lowest BCUT2D eigenvalue weighted by Crippen LogP contribution is -2.27. The van der Waals surface area contributed by atoms with E-state index in [0.717, 1.165) is 24.1 Å². The second-order valence-electron chi connectivity index (χ2n) is 5.91. The van der Waals surface area contributed by atoms with Gasteiger partial charge in [-0.3, -0.25) is 9.89 Å². The predicted octanol–water partition coefficient (Wildman–Crippen LogP) is 3.86. The number of hydrogen-bond donors (Lipinski definition) is 2. The third kappa shape index (κ3) is 2.68. The number of amides is 1. The Morgan fingerprint density at radius 1 is 1.33 bits per heavy atom. The largest absolute Gasteiger partial charge is 0.308 e. The maximum absolute atomic E-state index is 12.6. The molecule has 1 heterocycles. The first-order valence-corrected chi connectivity index (χ1v) is 7.52. The first-order chi connectivity index (χ1) is 10.0. The van der Waals surface area contributed by atoms with Gasteiger partial charge in [-0.25, -0.2) is 0 Å². The lowest BCUT2D eigenvalue weighted by molar-refractivity contribution is -0.118. The molecule has 0 aliphatic heterocycles. The highest BCUT2D eigenvalue weighted by molar-refractivity contribution is 6.30. The number of anilines is 1. The van der Waals surface area contributed by atoms with Gasteiger partial charge in [0.1, 0.15) is 0 Å². The molecule has 2 aromatic rings. The maximum Gasteiger partial charge on any atom is 0.236 e. The third-order valence-electron chi connectivity index (χ3n) is 4.04. The number of carbonyl (C=O) groups is 1. The van der Waals surface area contributed by atoms with Gasteiger partial charge in [-0.05, 0) is 36.5 Å². The third-order valence-corrected chi connectivity index (χ3v) is 4.29. The van der Waals surface area contributed by atoms with Gasteiger partial charge in [-0.2, -0.15) is 5.10 Å². The van der Waals surface area contributed by atoms with Crippen LogP contribution in [0.3, 0.4) is 0 Å². The molecule has 1 fully saturated rings. The number of benzene rings is 1. The smallest absolute Gasteiger partial charge is 0.236 e. The summed E-state index contributed by atoms with van der Waals surface area (Å²) in [5.74, 6) is 0.949. The number of nitrogens with one attached hydrogen (secondary N) is 2. The second kappa shape index (κ2) is 5.19. The Balaban J connectivity index is 1.76. The highest BCUT2D eigenvalue weighted by Gasteiger charge is 2.51. The van der Waals surface area contributed by atoms with Gasteiger partial charge in [0.2, 0.25) is 5.91 Å². The van der Waals surface area contributed by atoms with Crippen LogP contribution in [-0.4, -0.2) is 16.1 Å². The van der Waals surface area contributed by atoms with Crippen molar-refractivity contribution < 1.29 is 4.79 Å². The minimum Gasteiger partial charge on any atom is -0.308 e. The average molecular weight is 304 g/mol. The van der Waals surface area contributed by atoms with Crippen molar-refractivity contribution in [3.8, 4) is 0 Å². The summed E-state index contributed by atoms with van der Waals surface area (Å²) in [5, 5.41) is 10.7. The van der Waals surface area contributed by atoms with Crippen LogP contribution in [0.1, 0.15) is 43.9 Å². The molecule has 110 valence electrons. The van der Waals surface area contributed by atoms with Gasteiger partial charge in [-0.1, -0.05) is 37.6 Å². The standard InChI is InChI=1S/C16H18ClN3O/c1-10(2)13-9-14(20-19-13)18-15(21)16(7-8-16)11-3-5-12(17)6-4-11/h3-6,9-10H,7-8H2,1-2H3,(H2,18,19,20,21). The van der Waals surface area contributed by atoms with Crippen molar-refractivity contribution in [3.05, 3.63) is 46.6 Å². The topological polar surface area (TPSA) is 57.8 Å². The molecule has 1 amide bonds. The van der Waals surface area contributed by atoms with Crippen molar-refractivity contribution in [1.82, 2.24) is 10.2 Å². The van der Waals surface area contributed by atoms with Gasteiger partial charge >= 0.3 is 0 Å². The van der Waals surface area contributed by atoms with Crippen LogP contribution in [0, 0.1) is 0 Å². The normalized spacial score (nSPS) is 16.0. The average Bonchev–Trinajstić information content (AvgIpc) is 3.13. The van der Waals surface area contributed by atoms with Crippen molar-refractivity contribution in [2.75, 3.05) is 5.32 Å². The molecule has 1 aromatic carbocycles. The quantitative estimate of drug-likeness (QED) is 0.901. The monoisotopic (exact) mass is 303 g/mol. The minimum atomic E-state index is -0.415. The van der Waals surface area contributed by atoms with Crippen molar-refractivity contribution in [2.45, 2.75) is 38.0 Å². The Bertz CT molecular complexity index is 656. The van der Waals surface area contributed by atoms with Gasteiger partial charge in [0.25, 0.3) is 0 Å². The number of nitrogens with zero attached hydrogens (tertiary/aromatic N) is 1. The number of carbonyl (C=O) groups excluding carboxylic acids is 1. The van der Waals surface area contributed by atoms with Crippen LogP contribution in [-0.2, 0) is 10.2 Å². The Labute approximate surface area is 128 Å². The molecule has 4 nitrogen and oxygen atoms in total. The molecule has 0 bridgehead atoms. The minimum absolute atomic E-state index is 0.00614. The number of rotatable bonds is 4. The van der Waals surface area contributed by atoms with E-state index in [-0.39, 0.29) is 5.91 Å². The summed E-state index contributed by atoms with van der Waals surface area (Å²) in [7, 11) is 0. The summed E-state index contributed by atoms with van der Waals surface area (Å²) < 4.78 is 0. The van der Waals surface area contributed by atoms with Gasteiger partial charge in [0.15, 0.2) is 5.82 Å². The van der Waals surface area contributed by atoms with Crippen LogP contribution >= 0.6 is 11.6 Å². The van der Waals surface area contributed by atoms with Crippen molar-refractivity contribution >= 4 is 23.3 Å². The fraction of sp³-hybridized carbons (Fsp3) is 0.375. The van der Waals surface area contributed by atoms with E-state index < -0.39 is 5.41 Å². The van der Waals surface area contributed by atoms with Crippen molar-refractivity contribution in [3.63, 3.8) is 0 Å². The molecule has 3 rings (SSSR count). The second-order valence-corrected chi connectivity index (χ2v) is 6.34. The van der Waals surface area contributed by atoms with Crippen molar-refractivity contribution in [1.29, 1.82) is 0 Å². The van der Waals surface area contributed by atoms with Crippen LogP contribution in [0.2, 0.25) is 5.02 Å². The number of halogens is 1. The molecule has 5 heteroatoms. The Morgan fingerprint density at radius 3 is 2.52 bits per heavy atom. The van der Waals surface area contributed by atoms with Crippen LogP contribution < -0.4 is 5.32 Å². The number of aromatic nitrogens is 2. The molecule has 21 heavy (non-hydrogen) atoms. The summed E-state index contributed by atoms with van der Waals surface area (Å²) in [5.41, 5.74) is 1.62. The van der Waals surface area contributed by atoms with Crippen molar-refractivity contribution in [2.24, 2.45) is 0 Å². The molecule has 1 saturated carbocycles. The highest BCUT2D eigenvalue weighted by atomic mass is 35.5. The fourth-order valence-electron chi connectivity index (χ4n) is 2.47. The zero-order valence-corrected chi connectivity index (χ0v) is 12.9. The SMILES string of the molecule is CC(C)c1cc(NC(=O)C2(c3ccc(Cl)cc3)CC2)n[nH]1. The van der Waals surface area contributed by atoms with E-state index in [1.54, 1.807) is 0 Å². The molecule has 1 aliphatic rings. The molecule has 0 atom stereocenters. The van der Waals surface area contributed by atoms with E-state index in [2.05, 4.69) is 29.4 Å². The van der Waals surface area contributed by atoms with E-state index in [0.29, 0.717) is 16.8 Å². The zero-order chi connectivity index (χ0) is 15.0. The molecular weight excluding hydrogens is 286 g/mol. The molecule has 1 aromatic heterocycles. The lowest BCUT2D eigenvalue weighted by atomic mass is 9.95.